The first-order chi connectivity index (χ1) is 22.9. The fourth-order valence-electron chi connectivity index (χ4n) is 6.29. The lowest BCUT2D eigenvalue weighted by Crippen LogP contribution is -2.24. The molecule has 6 aromatic rings. The van der Waals surface area contributed by atoms with Gasteiger partial charge < -0.3 is 19.4 Å². The number of halogens is 2. The summed E-state index contributed by atoms with van der Waals surface area (Å²) in [7, 11) is 0. The van der Waals surface area contributed by atoms with Crippen LogP contribution >= 0.6 is 0 Å². The van der Waals surface area contributed by atoms with Gasteiger partial charge in [-0.25, -0.2) is 13.8 Å². The Hall–Kier alpha value is -5.39. The van der Waals surface area contributed by atoms with Crippen molar-refractivity contribution in [3.8, 4) is 22.9 Å². The number of unbranched alkanes of at least 4 members (excludes halogenated alkanes) is 2. The molecule has 1 aliphatic rings. The minimum atomic E-state index is -0.642. The van der Waals surface area contributed by atoms with Gasteiger partial charge in [-0.15, -0.1) is 10.2 Å². The van der Waals surface area contributed by atoms with Gasteiger partial charge in [-0.1, -0.05) is 42.3 Å². The molecule has 1 aliphatic heterocycles. The molecule has 3 aromatic heterocycles. The fourth-order valence-corrected chi connectivity index (χ4v) is 6.29. The van der Waals surface area contributed by atoms with Crippen LogP contribution in [0.25, 0.3) is 22.3 Å². The Bertz CT molecular complexity index is 2040. The third-order valence-corrected chi connectivity index (χ3v) is 8.98. The number of ether oxygens (including phenoxy) is 2. The number of cyclic esters (lactones) is 1. The van der Waals surface area contributed by atoms with E-state index in [1.807, 2.05) is 12.1 Å². The number of tetrazole rings is 1. The van der Waals surface area contributed by atoms with Crippen LogP contribution in [0.3, 0.4) is 0 Å². The number of aromatic nitrogens is 7. The van der Waals surface area contributed by atoms with E-state index in [0.29, 0.717) is 34.5 Å². The van der Waals surface area contributed by atoms with Gasteiger partial charge in [0.05, 0.1) is 5.56 Å². The van der Waals surface area contributed by atoms with Crippen molar-refractivity contribution in [3.63, 3.8) is 0 Å². The highest BCUT2D eigenvalue weighted by Gasteiger charge is 2.31. The van der Waals surface area contributed by atoms with E-state index in [4.69, 9.17) is 9.47 Å². The summed E-state index contributed by atoms with van der Waals surface area (Å²) in [6.07, 6.45) is 8.29. The van der Waals surface area contributed by atoms with E-state index in [-0.39, 0.29) is 30.1 Å². The van der Waals surface area contributed by atoms with Crippen molar-refractivity contribution in [2.24, 2.45) is 0 Å². The van der Waals surface area contributed by atoms with Crippen molar-refractivity contribution in [2.75, 3.05) is 0 Å². The Kier molecular flexibility index (Phi) is 8.23. The van der Waals surface area contributed by atoms with Gasteiger partial charge in [0.2, 0.25) is 0 Å². The summed E-state index contributed by atoms with van der Waals surface area (Å²) in [6, 6.07) is 15.4. The molecule has 0 saturated carbocycles. The van der Waals surface area contributed by atoms with Crippen molar-refractivity contribution < 1.29 is 23.0 Å². The zero-order chi connectivity index (χ0) is 32.4. The number of esters is 1. The zero-order valence-electron chi connectivity index (χ0n) is 25.8. The number of hydrogen-bond donors (Lipinski definition) is 3. The summed E-state index contributed by atoms with van der Waals surface area (Å²) < 4.78 is 42.6. The lowest BCUT2D eigenvalue weighted by atomic mass is 9.75. The zero-order valence-corrected chi connectivity index (χ0v) is 25.8. The molecule has 3 N–H and O–H groups in total. The standard InChI is InChI=1S/C35H33F2N7O3/c1-35(14-4-2-3-8-31-41-43-44-42-31)22-7-5-6-21(16-22)9-12-32(45)46-20-26-24-13-15-38-29(24)18-28(37)33(26)47-23-10-11-27(36)25(17-23)34-39-19-30(35)40-34/h5-7,10-11,13,15-19,38H,2-4,8-9,12,14,20H2,1H3,(H,39,40)(H,41,42,43,44). The Morgan fingerprint density at radius 2 is 1.91 bits per heavy atom. The van der Waals surface area contributed by atoms with Gasteiger partial charge in [-0.05, 0) is 61.6 Å². The minimum Gasteiger partial charge on any atom is -0.461 e. The average molecular weight is 638 g/mol. The highest BCUT2D eigenvalue weighted by atomic mass is 19.1. The predicted molar refractivity (Wildman–Crippen MR) is 170 cm³/mol. The van der Waals surface area contributed by atoms with Crippen molar-refractivity contribution in [1.82, 2.24) is 35.6 Å². The van der Waals surface area contributed by atoms with E-state index in [2.05, 4.69) is 54.6 Å². The number of hydrogen-bond acceptors (Lipinski definition) is 7. The SMILES string of the molecule is CC1(CCCCCc2nn[nH]n2)c2cccc(c2)CCC(=O)OCc2c(c(F)cc3[nH]ccc23)Oc2ccc(F)c(c2)-c2ncc1[nH]2. The number of aromatic amines is 3. The van der Waals surface area contributed by atoms with E-state index >= 15 is 8.78 Å². The number of fused-ring (bicyclic) bond motifs is 10. The normalized spacial score (nSPS) is 16.6. The van der Waals surface area contributed by atoms with Crippen molar-refractivity contribution in [1.29, 1.82) is 0 Å². The molecule has 3 aromatic carbocycles. The third kappa shape index (κ3) is 6.23. The van der Waals surface area contributed by atoms with Crippen LogP contribution in [0.1, 0.15) is 67.2 Å². The molecule has 6 bridgehead atoms. The molecule has 1 unspecified atom stereocenters. The monoisotopic (exact) mass is 637 g/mol. The maximum atomic E-state index is 15.5. The summed E-state index contributed by atoms with van der Waals surface area (Å²) in [5.74, 6) is -0.428. The van der Waals surface area contributed by atoms with Crippen LogP contribution in [-0.4, -0.2) is 41.5 Å². The highest BCUT2D eigenvalue weighted by molar-refractivity contribution is 5.86. The van der Waals surface area contributed by atoms with Crippen molar-refractivity contribution >= 4 is 16.9 Å². The molecule has 12 heteroatoms. The van der Waals surface area contributed by atoms with Crippen LogP contribution < -0.4 is 4.74 Å². The molecule has 0 saturated heterocycles. The second-order valence-electron chi connectivity index (χ2n) is 12.1. The average Bonchev–Trinajstić information content (AvgIpc) is 3.87. The van der Waals surface area contributed by atoms with Crippen LogP contribution in [0.2, 0.25) is 0 Å². The molecule has 7 rings (SSSR count). The van der Waals surface area contributed by atoms with Crippen LogP contribution in [-0.2, 0) is 34.4 Å². The first-order valence-corrected chi connectivity index (χ1v) is 15.7. The molecular weight excluding hydrogens is 604 g/mol. The van der Waals surface area contributed by atoms with Gasteiger partial charge >= 0.3 is 5.97 Å². The minimum absolute atomic E-state index is 0.0942. The van der Waals surface area contributed by atoms with Crippen LogP contribution in [0, 0.1) is 11.6 Å². The first-order valence-electron chi connectivity index (χ1n) is 15.7. The number of carbonyl (C=O) groups is 1. The van der Waals surface area contributed by atoms with E-state index in [1.54, 1.807) is 18.5 Å². The molecule has 4 heterocycles. The summed E-state index contributed by atoms with van der Waals surface area (Å²) >= 11 is 0. The van der Waals surface area contributed by atoms with Gasteiger partial charge in [0.15, 0.2) is 17.4 Å². The number of H-pyrrole nitrogens is 3. The van der Waals surface area contributed by atoms with E-state index in [9.17, 15) is 4.79 Å². The quantitative estimate of drug-likeness (QED) is 0.129. The largest absolute Gasteiger partial charge is 0.461 e. The van der Waals surface area contributed by atoms with Crippen molar-refractivity contribution in [2.45, 2.75) is 63.9 Å². The Labute approximate surface area is 268 Å². The number of nitrogens with zero attached hydrogens (tertiary/aromatic N) is 4. The second-order valence-corrected chi connectivity index (χ2v) is 12.1. The Balaban J connectivity index is 1.26. The van der Waals surface area contributed by atoms with Crippen molar-refractivity contribution in [3.05, 3.63) is 107 Å². The predicted octanol–water partition coefficient (Wildman–Crippen LogP) is 7.24. The summed E-state index contributed by atoms with van der Waals surface area (Å²) in [6.45, 7) is 1.95. The molecular formula is C35H33F2N7O3. The highest BCUT2D eigenvalue weighted by Crippen LogP contribution is 2.40. The lowest BCUT2D eigenvalue weighted by Gasteiger charge is -2.30. The number of carbonyl (C=O) groups excluding carboxylic acids is 1. The van der Waals surface area contributed by atoms with Crippen LogP contribution in [0.4, 0.5) is 8.78 Å². The maximum Gasteiger partial charge on any atom is 0.306 e. The van der Waals surface area contributed by atoms with Crippen LogP contribution in [0.5, 0.6) is 11.5 Å². The molecule has 0 spiro atoms. The molecule has 1 atom stereocenters. The number of nitrogens with one attached hydrogen (secondary N) is 3. The summed E-state index contributed by atoms with van der Waals surface area (Å²) in [5, 5.41) is 14.8. The van der Waals surface area contributed by atoms with E-state index in [0.717, 1.165) is 48.9 Å². The fraction of sp³-hybridized carbons (Fsp3) is 0.286. The second kappa shape index (κ2) is 12.8. The summed E-state index contributed by atoms with van der Waals surface area (Å²) in [4.78, 5) is 24.0. The van der Waals surface area contributed by atoms with E-state index in [1.165, 1.54) is 24.3 Å². The molecule has 0 fully saturated rings. The smallest absolute Gasteiger partial charge is 0.306 e. The van der Waals surface area contributed by atoms with E-state index < -0.39 is 23.0 Å². The molecule has 47 heavy (non-hydrogen) atoms. The number of imidazole rings is 1. The van der Waals surface area contributed by atoms with Gasteiger partial charge in [0, 0.05) is 58.9 Å². The maximum absolute atomic E-state index is 15.5. The third-order valence-electron chi connectivity index (χ3n) is 8.98. The van der Waals surface area contributed by atoms with Gasteiger partial charge in [0.1, 0.15) is 24.0 Å². The molecule has 0 aliphatic carbocycles. The van der Waals surface area contributed by atoms with Gasteiger partial charge in [-0.3, -0.25) is 4.79 Å². The number of rotatable bonds is 6. The molecule has 240 valence electrons. The number of benzene rings is 3. The number of aryl methyl sites for hydroxylation is 2. The topological polar surface area (TPSA) is 134 Å². The van der Waals surface area contributed by atoms with Crippen LogP contribution in [0.15, 0.2) is 67.0 Å². The molecule has 0 amide bonds. The first kappa shape index (κ1) is 30.3. The van der Waals surface area contributed by atoms with Gasteiger partial charge in [-0.2, -0.15) is 5.21 Å². The summed E-state index contributed by atoms with van der Waals surface area (Å²) in [5.41, 5.74) is 3.44. The van der Waals surface area contributed by atoms with Gasteiger partial charge in [0.25, 0.3) is 0 Å². The Morgan fingerprint density at radius 3 is 2.79 bits per heavy atom. The molecule has 10 nitrogen and oxygen atoms in total. The lowest BCUT2D eigenvalue weighted by molar-refractivity contribution is -0.144. The molecule has 0 radical (unpaired) electrons. The Morgan fingerprint density at radius 1 is 1.00 bits per heavy atom.